The van der Waals surface area contributed by atoms with Gasteiger partial charge in [-0.3, -0.25) is 4.79 Å². The third-order valence-corrected chi connectivity index (χ3v) is 3.79. The third-order valence-electron chi connectivity index (χ3n) is 3.79. The molecule has 2 rings (SSSR count). The van der Waals surface area contributed by atoms with Crippen LogP contribution in [0, 0.1) is 12.8 Å². The molecule has 0 aromatic heterocycles. The van der Waals surface area contributed by atoms with Gasteiger partial charge in [0.15, 0.2) is 0 Å². The highest BCUT2D eigenvalue weighted by Gasteiger charge is 2.33. The third kappa shape index (κ3) is 3.97. The van der Waals surface area contributed by atoms with E-state index in [0.29, 0.717) is 12.3 Å². The largest absolute Gasteiger partial charge is 0.416 e. The van der Waals surface area contributed by atoms with Crippen LogP contribution in [0.25, 0.3) is 0 Å². The fourth-order valence-corrected chi connectivity index (χ4v) is 2.54. The first-order valence-corrected chi connectivity index (χ1v) is 6.99. The summed E-state index contributed by atoms with van der Waals surface area (Å²) in [6.07, 6.45) is -2.71. The Labute approximate surface area is 121 Å². The minimum absolute atomic E-state index is 0.143. The van der Waals surface area contributed by atoms with E-state index in [1.165, 1.54) is 19.1 Å². The highest BCUT2D eigenvalue weighted by molar-refractivity contribution is 5.95. The summed E-state index contributed by atoms with van der Waals surface area (Å²) in [7, 11) is 0. The second-order valence-corrected chi connectivity index (χ2v) is 5.65. The molecule has 6 heteroatoms. The Morgan fingerprint density at radius 3 is 2.71 bits per heavy atom. The molecule has 116 valence electrons. The van der Waals surface area contributed by atoms with Crippen LogP contribution in [0.5, 0.6) is 0 Å². The number of carbonyl (C=O) groups excluding carboxylic acids is 1. The van der Waals surface area contributed by atoms with Gasteiger partial charge in [0.2, 0.25) is 5.91 Å². The smallest absolute Gasteiger partial charge is 0.325 e. The van der Waals surface area contributed by atoms with E-state index in [1.807, 2.05) is 0 Å². The maximum Gasteiger partial charge on any atom is 0.416 e. The monoisotopic (exact) mass is 300 g/mol. The molecule has 1 aromatic carbocycles. The van der Waals surface area contributed by atoms with E-state index >= 15 is 0 Å². The molecule has 1 aliphatic rings. The Morgan fingerprint density at radius 1 is 1.38 bits per heavy atom. The molecule has 1 heterocycles. The van der Waals surface area contributed by atoms with Crippen molar-refractivity contribution in [2.24, 2.45) is 5.92 Å². The van der Waals surface area contributed by atoms with Crippen molar-refractivity contribution in [3.8, 4) is 0 Å². The zero-order valence-corrected chi connectivity index (χ0v) is 12.1. The standard InChI is InChI=1S/C15H19F3N2O/c1-9-5-6-19-13(7-9)14(21)20-11-4-3-10(2)12(8-11)15(16,17)18/h3-4,8-9,13,19H,5-7H2,1-2H3,(H,20,21). The van der Waals surface area contributed by atoms with Crippen LogP contribution in [0.15, 0.2) is 18.2 Å². The van der Waals surface area contributed by atoms with Crippen molar-refractivity contribution >= 4 is 11.6 Å². The van der Waals surface area contributed by atoms with Gasteiger partial charge >= 0.3 is 6.18 Å². The summed E-state index contributed by atoms with van der Waals surface area (Å²) in [5, 5.41) is 5.66. The van der Waals surface area contributed by atoms with Gasteiger partial charge in [0.05, 0.1) is 11.6 Å². The second-order valence-electron chi connectivity index (χ2n) is 5.65. The Balaban J connectivity index is 2.11. The number of halogens is 3. The minimum atomic E-state index is -4.41. The van der Waals surface area contributed by atoms with Gasteiger partial charge in [0.25, 0.3) is 0 Å². The zero-order valence-electron chi connectivity index (χ0n) is 12.1. The highest BCUT2D eigenvalue weighted by Crippen LogP contribution is 2.33. The lowest BCUT2D eigenvalue weighted by molar-refractivity contribution is -0.138. The van der Waals surface area contributed by atoms with Crippen molar-refractivity contribution in [3.05, 3.63) is 29.3 Å². The van der Waals surface area contributed by atoms with Crippen LogP contribution in [-0.2, 0) is 11.0 Å². The number of piperidine rings is 1. The molecule has 0 aliphatic carbocycles. The average Bonchev–Trinajstić information content (AvgIpc) is 2.39. The first-order chi connectivity index (χ1) is 9.77. The van der Waals surface area contributed by atoms with E-state index in [0.717, 1.165) is 19.0 Å². The molecule has 0 saturated carbocycles. The van der Waals surface area contributed by atoms with Crippen LogP contribution < -0.4 is 10.6 Å². The normalized spacial score (nSPS) is 22.9. The fourth-order valence-electron chi connectivity index (χ4n) is 2.54. The number of alkyl halides is 3. The van der Waals surface area contributed by atoms with Gasteiger partial charge in [-0.2, -0.15) is 13.2 Å². The van der Waals surface area contributed by atoms with Crippen LogP contribution in [0.4, 0.5) is 18.9 Å². The lowest BCUT2D eigenvalue weighted by atomic mass is 9.94. The Hall–Kier alpha value is -1.56. The van der Waals surface area contributed by atoms with Gasteiger partial charge in [0, 0.05) is 5.69 Å². The molecule has 0 spiro atoms. The molecular formula is C15H19F3N2O. The summed E-state index contributed by atoms with van der Waals surface area (Å²) >= 11 is 0. The summed E-state index contributed by atoms with van der Waals surface area (Å²) in [6, 6.07) is 3.51. The number of nitrogens with one attached hydrogen (secondary N) is 2. The van der Waals surface area contributed by atoms with Crippen molar-refractivity contribution < 1.29 is 18.0 Å². The molecule has 0 radical (unpaired) electrons. The number of benzene rings is 1. The van der Waals surface area contributed by atoms with E-state index in [9.17, 15) is 18.0 Å². The number of anilines is 1. The molecule has 1 aromatic rings. The van der Waals surface area contributed by atoms with Crippen molar-refractivity contribution in [1.29, 1.82) is 0 Å². The molecule has 21 heavy (non-hydrogen) atoms. The molecule has 1 saturated heterocycles. The predicted octanol–water partition coefficient (Wildman–Crippen LogP) is 3.34. The van der Waals surface area contributed by atoms with Crippen LogP contribution in [0.2, 0.25) is 0 Å². The molecule has 1 aliphatic heterocycles. The van der Waals surface area contributed by atoms with Gasteiger partial charge < -0.3 is 10.6 Å². The van der Waals surface area contributed by atoms with E-state index in [-0.39, 0.29) is 23.2 Å². The van der Waals surface area contributed by atoms with Gasteiger partial charge in [-0.05, 0) is 49.9 Å². The van der Waals surface area contributed by atoms with Crippen molar-refractivity contribution in [2.45, 2.75) is 38.9 Å². The topological polar surface area (TPSA) is 41.1 Å². The maximum atomic E-state index is 12.8. The Kier molecular flexibility index (Phi) is 4.56. The quantitative estimate of drug-likeness (QED) is 0.879. The number of hydrogen-bond donors (Lipinski definition) is 2. The fraction of sp³-hybridized carbons (Fsp3) is 0.533. The van der Waals surface area contributed by atoms with Gasteiger partial charge in [0.1, 0.15) is 0 Å². The summed E-state index contributed by atoms with van der Waals surface area (Å²) < 4.78 is 38.5. The molecule has 1 fully saturated rings. The average molecular weight is 300 g/mol. The number of carbonyl (C=O) groups is 1. The molecule has 2 atom stereocenters. The summed E-state index contributed by atoms with van der Waals surface area (Å²) in [5.74, 6) is 0.157. The van der Waals surface area contributed by atoms with Crippen molar-refractivity contribution in [2.75, 3.05) is 11.9 Å². The molecule has 2 N–H and O–H groups in total. The first-order valence-electron chi connectivity index (χ1n) is 6.99. The van der Waals surface area contributed by atoms with Crippen molar-refractivity contribution in [3.63, 3.8) is 0 Å². The van der Waals surface area contributed by atoms with Crippen LogP contribution in [0.3, 0.4) is 0 Å². The lowest BCUT2D eigenvalue weighted by Gasteiger charge is -2.27. The molecule has 0 bridgehead atoms. The van der Waals surface area contributed by atoms with Gasteiger partial charge in [-0.1, -0.05) is 13.0 Å². The predicted molar refractivity (Wildman–Crippen MR) is 75.0 cm³/mol. The number of rotatable bonds is 2. The molecular weight excluding hydrogens is 281 g/mol. The minimum Gasteiger partial charge on any atom is -0.325 e. The molecule has 2 unspecified atom stereocenters. The molecule has 1 amide bonds. The van der Waals surface area contributed by atoms with E-state index in [4.69, 9.17) is 0 Å². The summed E-state index contributed by atoms with van der Waals surface area (Å²) in [5.41, 5.74) is -0.395. The first kappa shape index (κ1) is 15.8. The molecule has 3 nitrogen and oxygen atoms in total. The van der Waals surface area contributed by atoms with Crippen LogP contribution in [-0.4, -0.2) is 18.5 Å². The Bertz CT molecular complexity index is 528. The van der Waals surface area contributed by atoms with Gasteiger partial charge in [-0.15, -0.1) is 0 Å². The van der Waals surface area contributed by atoms with Gasteiger partial charge in [-0.25, -0.2) is 0 Å². The zero-order chi connectivity index (χ0) is 15.6. The Morgan fingerprint density at radius 2 is 2.10 bits per heavy atom. The van der Waals surface area contributed by atoms with Crippen LogP contribution in [0.1, 0.15) is 30.9 Å². The van der Waals surface area contributed by atoms with Crippen molar-refractivity contribution in [1.82, 2.24) is 5.32 Å². The number of aryl methyl sites for hydroxylation is 1. The van der Waals surface area contributed by atoms with E-state index in [2.05, 4.69) is 17.6 Å². The SMILES string of the molecule is Cc1ccc(NC(=O)C2CC(C)CCN2)cc1C(F)(F)F. The maximum absolute atomic E-state index is 12.8. The van der Waals surface area contributed by atoms with E-state index in [1.54, 1.807) is 0 Å². The number of hydrogen-bond acceptors (Lipinski definition) is 2. The lowest BCUT2D eigenvalue weighted by Crippen LogP contribution is -2.45. The summed E-state index contributed by atoms with van der Waals surface area (Å²) in [4.78, 5) is 12.1. The summed E-state index contributed by atoms with van der Waals surface area (Å²) in [6.45, 7) is 4.22. The number of amides is 1. The highest BCUT2D eigenvalue weighted by atomic mass is 19.4. The van der Waals surface area contributed by atoms with Crippen LogP contribution >= 0.6 is 0 Å². The van der Waals surface area contributed by atoms with E-state index < -0.39 is 11.7 Å². The second kappa shape index (κ2) is 6.05.